The molecule has 1 amide bonds. The summed E-state index contributed by atoms with van der Waals surface area (Å²) in [4.78, 5) is 24.4. The van der Waals surface area contributed by atoms with Crippen LogP contribution < -0.4 is 5.32 Å². The van der Waals surface area contributed by atoms with Crippen LogP contribution in [0.3, 0.4) is 0 Å². The monoisotopic (exact) mass is 275 g/mol. The minimum Gasteiger partial charge on any atom is -0.373 e. The molecule has 0 saturated heterocycles. The van der Waals surface area contributed by atoms with Crippen LogP contribution >= 0.6 is 0 Å². The predicted octanol–water partition coefficient (Wildman–Crippen LogP) is 2.91. The summed E-state index contributed by atoms with van der Waals surface area (Å²) >= 11 is 0. The van der Waals surface area contributed by atoms with Crippen LogP contribution in [0.2, 0.25) is 0 Å². The lowest BCUT2D eigenvalue weighted by atomic mass is 9.83. The summed E-state index contributed by atoms with van der Waals surface area (Å²) in [5.41, 5.74) is -1.03. The Morgan fingerprint density at radius 2 is 1.80 bits per heavy atom. The number of rotatable bonds is 6. The van der Waals surface area contributed by atoms with Gasteiger partial charge in [-0.25, -0.2) is 0 Å². The Balaban J connectivity index is 2.07. The normalized spacial score (nSPS) is 21.5. The van der Waals surface area contributed by atoms with Gasteiger partial charge in [-0.2, -0.15) is 0 Å². The Labute approximate surface area is 119 Å². The Morgan fingerprint density at radius 3 is 2.55 bits per heavy atom. The van der Waals surface area contributed by atoms with Gasteiger partial charge in [0.25, 0.3) is 5.91 Å². The van der Waals surface area contributed by atoms with Crippen molar-refractivity contribution in [1.29, 1.82) is 0 Å². The van der Waals surface area contributed by atoms with E-state index in [1.165, 1.54) is 0 Å². The zero-order valence-electron chi connectivity index (χ0n) is 11.8. The first kappa shape index (κ1) is 14.7. The minimum atomic E-state index is -1.90. The molecule has 4 nitrogen and oxygen atoms in total. The highest BCUT2D eigenvalue weighted by Crippen LogP contribution is 2.31. The molecule has 0 fully saturated rings. The molecule has 1 aromatic carbocycles. The third-order valence-corrected chi connectivity index (χ3v) is 3.81. The van der Waals surface area contributed by atoms with E-state index in [-0.39, 0.29) is 6.42 Å². The molecule has 1 heterocycles. The summed E-state index contributed by atoms with van der Waals surface area (Å²) in [5.74, 6) is -1.08. The summed E-state index contributed by atoms with van der Waals surface area (Å²) < 4.78 is 0. The molecule has 2 N–H and O–H groups in total. The fraction of sp³-hybridized carbons (Fsp3) is 0.500. The third-order valence-electron chi connectivity index (χ3n) is 3.81. The highest BCUT2D eigenvalue weighted by Gasteiger charge is 2.47. The molecule has 0 spiro atoms. The second-order valence-electron chi connectivity index (χ2n) is 5.35. The maximum Gasteiger partial charge on any atom is 0.264 e. The van der Waals surface area contributed by atoms with E-state index in [0.717, 1.165) is 25.7 Å². The van der Waals surface area contributed by atoms with Crippen LogP contribution in [-0.2, 0) is 4.79 Å². The summed E-state index contributed by atoms with van der Waals surface area (Å²) in [7, 11) is 0. The van der Waals surface area contributed by atoms with Crippen molar-refractivity contribution in [3.05, 3.63) is 29.8 Å². The van der Waals surface area contributed by atoms with Crippen molar-refractivity contribution >= 4 is 17.4 Å². The summed E-state index contributed by atoms with van der Waals surface area (Å²) in [6, 6.07) is 6.79. The van der Waals surface area contributed by atoms with Crippen molar-refractivity contribution in [3.63, 3.8) is 0 Å². The number of anilines is 1. The second kappa shape index (κ2) is 6.18. The molecule has 0 aliphatic carbocycles. The van der Waals surface area contributed by atoms with Crippen LogP contribution in [-0.4, -0.2) is 22.4 Å². The van der Waals surface area contributed by atoms with E-state index >= 15 is 0 Å². The van der Waals surface area contributed by atoms with Crippen LogP contribution in [0.1, 0.15) is 55.8 Å². The maximum absolute atomic E-state index is 12.4. The van der Waals surface area contributed by atoms with E-state index in [1.807, 2.05) is 0 Å². The van der Waals surface area contributed by atoms with Crippen LogP contribution in [0.15, 0.2) is 24.3 Å². The molecule has 20 heavy (non-hydrogen) atoms. The van der Waals surface area contributed by atoms with E-state index in [9.17, 15) is 14.7 Å². The number of aliphatic hydroxyl groups is 1. The van der Waals surface area contributed by atoms with E-state index in [1.54, 1.807) is 24.3 Å². The van der Waals surface area contributed by atoms with E-state index in [4.69, 9.17) is 0 Å². The van der Waals surface area contributed by atoms with Crippen molar-refractivity contribution in [2.45, 2.75) is 51.0 Å². The Hall–Kier alpha value is -1.68. The summed E-state index contributed by atoms with van der Waals surface area (Å²) in [6.45, 7) is 2.13. The van der Waals surface area contributed by atoms with Gasteiger partial charge in [0.05, 0.1) is 5.69 Å². The second-order valence-corrected chi connectivity index (χ2v) is 5.35. The predicted molar refractivity (Wildman–Crippen MR) is 77.7 cm³/mol. The van der Waals surface area contributed by atoms with Gasteiger partial charge in [0, 0.05) is 5.56 Å². The topological polar surface area (TPSA) is 66.4 Å². The van der Waals surface area contributed by atoms with Crippen LogP contribution in [0.4, 0.5) is 5.69 Å². The molecule has 2 rings (SSSR count). The molecule has 1 aliphatic heterocycles. The van der Waals surface area contributed by atoms with Gasteiger partial charge in [-0.05, 0) is 25.0 Å². The first-order valence-electron chi connectivity index (χ1n) is 7.27. The van der Waals surface area contributed by atoms with Gasteiger partial charge in [0.2, 0.25) is 11.4 Å². The lowest BCUT2D eigenvalue weighted by molar-refractivity contribution is -0.130. The number of fused-ring (bicyclic) bond motifs is 1. The van der Waals surface area contributed by atoms with Crippen LogP contribution in [0, 0.1) is 0 Å². The number of carbonyl (C=O) groups excluding carboxylic acids is 2. The third kappa shape index (κ3) is 2.75. The molecule has 1 atom stereocenters. The van der Waals surface area contributed by atoms with E-state index in [0.29, 0.717) is 17.7 Å². The number of hydrogen-bond donors (Lipinski definition) is 2. The van der Waals surface area contributed by atoms with Crippen LogP contribution in [0.5, 0.6) is 0 Å². The van der Waals surface area contributed by atoms with Crippen molar-refractivity contribution in [3.8, 4) is 0 Å². The number of ketones is 1. The quantitative estimate of drug-likeness (QED) is 0.619. The molecule has 0 saturated carbocycles. The number of Topliss-reactive ketones (excluding diaryl/α,β-unsaturated/α-hetero) is 1. The first-order valence-corrected chi connectivity index (χ1v) is 7.27. The average Bonchev–Trinajstić information content (AvgIpc) is 2.45. The van der Waals surface area contributed by atoms with Crippen molar-refractivity contribution in [2.75, 3.05) is 5.32 Å². The van der Waals surface area contributed by atoms with Crippen LogP contribution in [0.25, 0.3) is 0 Å². The zero-order valence-corrected chi connectivity index (χ0v) is 11.8. The first-order chi connectivity index (χ1) is 9.59. The van der Waals surface area contributed by atoms with Crippen molar-refractivity contribution < 1.29 is 14.7 Å². The Bertz CT molecular complexity index is 512. The number of amides is 1. The van der Waals surface area contributed by atoms with E-state index in [2.05, 4.69) is 12.2 Å². The number of hydrogen-bond acceptors (Lipinski definition) is 3. The molecule has 1 aliphatic rings. The largest absolute Gasteiger partial charge is 0.373 e. The smallest absolute Gasteiger partial charge is 0.264 e. The molecule has 0 bridgehead atoms. The van der Waals surface area contributed by atoms with Gasteiger partial charge in [0.1, 0.15) is 0 Å². The summed E-state index contributed by atoms with van der Waals surface area (Å²) in [5, 5.41) is 13.1. The molecule has 0 radical (unpaired) electrons. The number of unbranched alkanes of at least 4 members (excludes halogenated alkanes) is 4. The van der Waals surface area contributed by atoms with Gasteiger partial charge in [-0.3, -0.25) is 9.59 Å². The molecule has 0 unspecified atom stereocenters. The fourth-order valence-electron chi connectivity index (χ4n) is 2.55. The molecule has 1 aromatic rings. The molecule has 4 heteroatoms. The van der Waals surface area contributed by atoms with Gasteiger partial charge in [-0.15, -0.1) is 0 Å². The molecular weight excluding hydrogens is 254 g/mol. The highest BCUT2D eigenvalue weighted by atomic mass is 16.3. The van der Waals surface area contributed by atoms with Gasteiger partial charge < -0.3 is 10.4 Å². The Kier molecular flexibility index (Phi) is 4.55. The van der Waals surface area contributed by atoms with Gasteiger partial charge in [0.15, 0.2) is 0 Å². The number of carbonyl (C=O) groups is 2. The molecular formula is C16H21NO3. The van der Waals surface area contributed by atoms with Crippen molar-refractivity contribution in [1.82, 2.24) is 0 Å². The highest BCUT2D eigenvalue weighted by molar-refractivity contribution is 6.26. The SMILES string of the molecule is CCCCCCC[C@@]1(O)C(=O)Nc2ccccc2C1=O. The van der Waals surface area contributed by atoms with Crippen molar-refractivity contribution in [2.24, 2.45) is 0 Å². The number of nitrogens with one attached hydrogen (secondary N) is 1. The standard InChI is InChI=1S/C16H21NO3/c1-2-3-4-5-8-11-16(20)14(18)12-9-6-7-10-13(12)17-15(16)19/h6-7,9-10,20H,2-5,8,11H2,1H3,(H,17,19)/t16-/m0/s1. The summed E-state index contributed by atoms with van der Waals surface area (Å²) in [6.07, 6.45) is 5.14. The molecule has 0 aromatic heterocycles. The lowest BCUT2D eigenvalue weighted by Crippen LogP contribution is -2.53. The fourth-order valence-corrected chi connectivity index (χ4v) is 2.55. The van der Waals surface area contributed by atoms with E-state index < -0.39 is 17.3 Å². The zero-order chi connectivity index (χ0) is 14.6. The average molecular weight is 275 g/mol. The number of benzene rings is 1. The molecule has 108 valence electrons. The van der Waals surface area contributed by atoms with Gasteiger partial charge >= 0.3 is 0 Å². The van der Waals surface area contributed by atoms with Gasteiger partial charge in [-0.1, -0.05) is 44.7 Å². The maximum atomic E-state index is 12.4. The number of para-hydroxylation sites is 1. The lowest BCUT2D eigenvalue weighted by Gasteiger charge is -2.30. The minimum absolute atomic E-state index is 0.190. The Morgan fingerprint density at radius 1 is 1.10 bits per heavy atom.